The molecule has 0 aromatic heterocycles. The van der Waals surface area contributed by atoms with Crippen LogP contribution in [0.2, 0.25) is 5.02 Å². The molecule has 2 bridgehead atoms. The number of hydrogen-bond donors (Lipinski definition) is 5. The van der Waals surface area contributed by atoms with Gasteiger partial charge in [-0.25, -0.2) is 22.0 Å². The van der Waals surface area contributed by atoms with E-state index < -0.39 is 68.2 Å². The Hall–Kier alpha value is -3.33. The maximum atomic E-state index is 13.7. The van der Waals surface area contributed by atoms with Crippen LogP contribution < -0.4 is 21.7 Å². The second-order valence-electron chi connectivity index (χ2n) is 10.2. The number of halogens is 3. The van der Waals surface area contributed by atoms with Crippen molar-refractivity contribution >= 4 is 45.0 Å². The van der Waals surface area contributed by atoms with Gasteiger partial charge in [-0.1, -0.05) is 11.6 Å². The van der Waals surface area contributed by atoms with Crippen molar-refractivity contribution in [1.29, 1.82) is 0 Å². The minimum Gasteiger partial charge on any atom is -0.453 e. The minimum absolute atomic E-state index is 0.0227. The van der Waals surface area contributed by atoms with Crippen molar-refractivity contribution in [3.63, 3.8) is 0 Å². The highest BCUT2D eigenvalue weighted by molar-refractivity contribution is 7.92. The number of anilines is 1. The zero-order chi connectivity index (χ0) is 30.1. The number of nitrogens with one attached hydrogen (secondary N) is 3. The van der Waals surface area contributed by atoms with Gasteiger partial charge in [0.1, 0.15) is 0 Å². The van der Waals surface area contributed by atoms with Crippen molar-refractivity contribution in [2.75, 3.05) is 19.0 Å². The molecule has 0 spiro atoms. The number of hydrogen-bond acceptors (Lipinski definition) is 8. The van der Waals surface area contributed by atoms with E-state index in [1.807, 2.05) is 0 Å². The van der Waals surface area contributed by atoms with Gasteiger partial charge in [0.2, 0.25) is 0 Å². The molecule has 0 radical (unpaired) electrons. The molecule has 2 saturated carbocycles. The number of aliphatic hydroxyl groups is 1. The predicted molar refractivity (Wildman–Crippen MR) is 144 cm³/mol. The number of rotatable bonds is 8. The Kier molecular flexibility index (Phi) is 8.87. The second-order valence-corrected chi connectivity index (χ2v) is 12.8. The molecule has 2 fully saturated rings. The number of methoxy groups -OCH3 is 1. The Morgan fingerprint density at radius 3 is 2.39 bits per heavy atom. The van der Waals surface area contributed by atoms with Gasteiger partial charge >= 0.3 is 6.09 Å². The highest BCUT2D eigenvalue weighted by Gasteiger charge is 2.55. The van der Waals surface area contributed by atoms with Crippen LogP contribution >= 0.6 is 11.6 Å². The summed E-state index contributed by atoms with van der Waals surface area (Å²) >= 11 is 6.26. The summed E-state index contributed by atoms with van der Waals surface area (Å²) in [5, 5.41) is 17.5. The van der Waals surface area contributed by atoms with E-state index in [0.29, 0.717) is 12.8 Å². The van der Waals surface area contributed by atoms with E-state index in [0.717, 1.165) is 31.4 Å². The third-order valence-corrected chi connectivity index (χ3v) is 10.4. The lowest BCUT2D eigenvalue weighted by molar-refractivity contribution is -0.126. The normalized spacial score (nSPS) is 24.3. The van der Waals surface area contributed by atoms with Crippen molar-refractivity contribution in [3.05, 3.63) is 58.6 Å². The van der Waals surface area contributed by atoms with Crippen molar-refractivity contribution < 1.29 is 41.4 Å². The predicted octanol–water partition coefficient (Wildman–Crippen LogP) is 2.32. The summed E-state index contributed by atoms with van der Waals surface area (Å²) in [4.78, 5) is 36.1. The molecule has 2 aliphatic rings. The molecule has 0 saturated heterocycles. The van der Waals surface area contributed by atoms with Crippen molar-refractivity contribution in [2.24, 2.45) is 17.6 Å². The first-order chi connectivity index (χ1) is 19.3. The Morgan fingerprint density at radius 2 is 1.78 bits per heavy atom. The summed E-state index contributed by atoms with van der Waals surface area (Å²) in [5.74, 6) is -4.68. The molecule has 2 aromatic carbocycles. The van der Waals surface area contributed by atoms with Crippen LogP contribution in [0.15, 0.2) is 41.3 Å². The molecule has 3 atom stereocenters. The fourth-order valence-corrected chi connectivity index (χ4v) is 7.96. The highest BCUT2D eigenvalue weighted by atomic mass is 35.5. The van der Waals surface area contributed by atoms with Crippen LogP contribution in [0.5, 0.6) is 0 Å². The average molecular weight is 615 g/mol. The van der Waals surface area contributed by atoms with Gasteiger partial charge in [-0.15, -0.1) is 0 Å². The molecular weight excluding hydrogens is 586 g/mol. The molecule has 2 aromatic rings. The number of amides is 3. The standard InChI is InChI=1S/C26H29ClF2N4O7S/c1-40-25(36)33-22(30)24(35)31-12-26(37)14-3-4-15(26)10-17(9-14)41(38,39)21-8-13(2-6-18(21)27)23(34)32-16-5-7-19(28)20(29)11-16/h2,5-8,11,14-15,17,22,37H,3-4,9-10,12,30H2,1H3,(H,31,35)(H,32,34)(H,33,36)/t14?,15?,17?,22-,26?/m1/s1. The topological polar surface area (TPSA) is 177 Å². The maximum absolute atomic E-state index is 13.7. The zero-order valence-electron chi connectivity index (χ0n) is 21.8. The van der Waals surface area contributed by atoms with E-state index in [1.165, 1.54) is 12.1 Å². The Balaban J connectivity index is 1.47. The number of ether oxygens (including phenoxy) is 1. The van der Waals surface area contributed by atoms with Crippen molar-refractivity contribution in [3.8, 4) is 0 Å². The van der Waals surface area contributed by atoms with Crippen molar-refractivity contribution in [2.45, 2.75) is 47.6 Å². The second kappa shape index (κ2) is 11.9. The molecule has 2 aliphatic carbocycles. The molecule has 3 amide bonds. The van der Waals surface area contributed by atoms with Gasteiger partial charge in [-0.3, -0.25) is 14.9 Å². The van der Waals surface area contributed by atoms with E-state index in [-0.39, 0.29) is 40.6 Å². The van der Waals surface area contributed by atoms with E-state index in [9.17, 15) is 36.7 Å². The van der Waals surface area contributed by atoms with E-state index in [1.54, 1.807) is 0 Å². The summed E-state index contributed by atoms with van der Waals surface area (Å²) in [5.41, 5.74) is 4.16. The Morgan fingerprint density at radius 1 is 1.12 bits per heavy atom. The molecule has 41 heavy (non-hydrogen) atoms. The third-order valence-electron chi connectivity index (χ3n) is 7.78. The Labute approximate surface area is 239 Å². The quantitative estimate of drug-likeness (QED) is 0.281. The van der Waals surface area contributed by atoms with Crippen LogP contribution in [0.4, 0.5) is 19.3 Å². The number of alkyl carbamates (subject to hydrolysis) is 1. The number of benzene rings is 2. The number of fused-ring (bicyclic) bond motifs is 2. The van der Waals surface area contributed by atoms with Gasteiger partial charge in [0, 0.05) is 23.9 Å². The molecule has 15 heteroatoms. The van der Waals surface area contributed by atoms with Gasteiger partial charge in [0.15, 0.2) is 27.6 Å². The highest BCUT2D eigenvalue weighted by Crippen LogP contribution is 2.52. The number of carbonyl (C=O) groups is 3. The lowest BCUT2D eigenvalue weighted by Crippen LogP contribution is -2.58. The van der Waals surface area contributed by atoms with E-state index in [2.05, 4.69) is 20.7 Å². The smallest absolute Gasteiger partial charge is 0.408 e. The van der Waals surface area contributed by atoms with E-state index in [4.69, 9.17) is 17.3 Å². The molecule has 0 heterocycles. The molecule has 11 nitrogen and oxygen atoms in total. The van der Waals surface area contributed by atoms with Crippen LogP contribution in [-0.4, -0.2) is 62.1 Å². The fourth-order valence-electron chi connectivity index (χ4n) is 5.56. The van der Waals surface area contributed by atoms with Crippen LogP contribution in [-0.2, 0) is 19.4 Å². The minimum atomic E-state index is -4.07. The summed E-state index contributed by atoms with van der Waals surface area (Å²) in [6.07, 6.45) is -1.09. The zero-order valence-corrected chi connectivity index (χ0v) is 23.4. The van der Waals surface area contributed by atoms with E-state index >= 15 is 0 Å². The number of nitrogens with two attached hydrogens (primary N) is 1. The van der Waals surface area contributed by atoms with Crippen molar-refractivity contribution in [1.82, 2.24) is 10.6 Å². The summed E-state index contributed by atoms with van der Waals surface area (Å²) < 4.78 is 58.6. The average Bonchev–Trinajstić information content (AvgIpc) is 3.08. The first kappa shape index (κ1) is 30.6. The summed E-state index contributed by atoms with van der Waals surface area (Å²) in [7, 11) is -2.96. The van der Waals surface area contributed by atoms with Gasteiger partial charge in [-0.2, -0.15) is 0 Å². The first-order valence-corrected chi connectivity index (χ1v) is 14.6. The van der Waals surface area contributed by atoms with Gasteiger partial charge in [-0.05, 0) is 67.9 Å². The first-order valence-electron chi connectivity index (χ1n) is 12.7. The Bertz CT molecular complexity index is 1460. The summed E-state index contributed by atoms with van der Waals surface area (Å²) in [6.45, 7) is -0.190. The summed E-state index contributed by atoms with van der Waals surface area (Å²) in [6, 6.07) is 6.51. The molecule has 2 unspecified atom stereocenters. The monoisotopic (exact) mass is 614 g/mol. The SMILES string of the molecule is COC(=O)N[C@@H](N)C(=O)NCC1(O)C2CCC1CC(S(=O)(=O)c1cc(C(=O)Nc3ccc(F)c(F)c3)ccc1Cl)C2. The molecule has 6 N–H and O–H groups in total. The number of sulfone groups is 1. The van der Waals surface area contributed by atoms with Crippen LogP contribution in [0.3, 0.4) is 0 Å². The van der Waals surface area contributed by atoms with Gasteiger partial charge in [0.25, 0.3) is 11.8 Å². The molecule has 4 rings (SSSR count). The van der Waals surface area contributed by atoms with Gasteiger partial charge in [0.05, 0.1) is 27.9 Å². The lowest BCUT2D eigenvalue weighted by atomic mass is 9.74. The number of carbonyl (C=O) groups excluding carboxylic acids is 3. The molecule has 0 aliphatic heterocycles. The lowest BCUT2D eigenvalue weighted by Gasteiger charge is -2.42. The van der Waals surface area contributed by atoms with Crippen LogP contribution in [0.25, 0.3) is 0 Å². The maximum Gasteiger partial charge on any atom is 0.408 e. The van der Waals surface area contributed by atoms with Crippen LogP contribution in [0, 0.1) is 23.5 Å². The molecular formula is C26H29ClF2N4O7S. The third kappa shape index (κ3) is 6.30. The molecule has 222 valence electrons. The van der Waals surface area contributed by atoms with Crippen LogP contribution in [0.1, 0.15) is 36.0 Å². The fraction of sp³-hybridized carbons (Fsp3) is 0.423. The largest absolute Gasteiger partial charge is 0.453 e. The van der Waals surface area contributed by atoms with Gasteiger partial charge < -0.3 is 26.2 Å².